The third kappa shape index (κ3) is 4.49. The minimum atomic E-state index is 0.00363. The molecule has 0 radical (unpaired) electrons. The van der Waals surface area contributed by atoms with Crippen molar-refractivity contribution in [3.63, 3.8) is 0 Å². The van der Waals surface area contributed by atoms with Gasteiger partial charge >= 0.3 is 0 Å². The SMILES string of the molecule is Cn1nc(-c2ccccc2Cl)cc1C(=O)N1CCN(C(c2ccccc2)c2ccccc2)CC1. The highest BCUT2D eigenvalue weighted by Gasteiger charge is 2.29. The summed E-state index contributed by atoms with van der Waals surface area (Å²) < 4.78 is 1.66. The molecule has 0 bridgehead atoms. The number of benzene rings is 3. The molecule has 4 aromatic rings. The van der Waals surface area contributed by atoms with E-state index in [-0.39, 0.29) is 11.9 Å². The number of nitrogens with zero attached hydrogens (tertiary/aromatic N) is 4. The van der Waals surface area contributed by atoms with Crippen molar-refractivity contribution < 1.29 is 4.79 Å². The molecule has 5 nitrogen and oxygen atoms in total. The van der Waals surface area contributed by atoms with Crippen LogP contribution in [0, 0.1) is 0 Å². The quantitative estimate of drug-likeness (QED) is 0.398. The Bertz CT molecular complexity index is 1220. The number of rotatable bonds is 5. The van der Waals surface area contributed by atoms with Crippen molar-refractivity contribution in [3.8, 4) is 11.3 Å². The minimum absolute atomic E-state index is 0.00363. The monoisotopic (exact) mass is 470 g/mol. The Morgan fingerprint density at radius 2 is 1.38 bits per heavy atom. The summed E-state index contributed by atoms with van der Waals surface area (Å²) in [5.41, 5.74) is 4.65. The smallest absolute Gasteiger partial charge is 0.272 e. The van der Waals surface area contributed by atoms with Gasteiger partial charge in [0.05, 0.1) is 16.8 Å². The first-order valence-electron chi connectivity index (χ1n) is 11.5. The zero-order valence-electron chi connectivity index (χ0n) is 19.1. The van der Waals surface area contributed by atoms with Gasteiger partial charge in [-0.05, 0) is 23.3 Å². The highest BCUT2D eigenvalue weighted by Crippen LogP contribution is 2.30. The normalized spacial score (nSPS) is 14.5. The van der Waals surface area contributed by atoms with E-state index in [1.807, 2.05) is 54.4 Å². The Morgan fingerprint density at radius 3 is 1.97 bits per heavy atom. The summed E-state index contributed by atoms with van der Waals surface area (Å²) in [5, 5.41) is 5.18. The summed E-state index contributed by atoms with van der Waals surface area (Å²) in [7, 11) is 1.81. The van der Waals surface area contributed by atoms with Crippen molar-refractivity contribution in [3.05, 3.63) is 113 Å². The summed E-state index contributed by atoms with van der Waals surface area (Å²) in [6.45, 7) is 2.94. The number of hydrogen-bond donors (Lipinski definition) is 0. The Labute approximate surface area is 205 Å². The summed E-state index contributed by atoms with van der Waals surface area (Å²) in [6, 6.07) is 30.8. The summed E-state index contributed by atoms with van der Waals surface area (Å²) in [4.78, 5) is 17.8. The molecule has 0 unspecified atom stereocenters. The maximum Gasteiger partial charge on any atom is 0.272 e. The highest BCUT2D eigenvalue weighted by atomic mass is 35.5. The van der Waals surface area contributed by atoms with Crippen LogP contribution < -0.4 is 0 Å². The van der Waals surface area contributed by atoms with E-state index >= 15 is 0 Å². The molecule has 1 fully saturated rings. The van der Waals surface area contributed by atoms with Crippen LogP contribution in [0.15, 0.2) is 91.0 Å². The molecule has 1 saturated heterocycles. The molecular weight excluding hydrogens is 444 g/mol. The molecule has 172 valence electrons. The fourth-order valence-corrected chi connectivity index (χ4v) is 4.93. The Kier molecular flexibility index (Phi) is 6.48. The van der Waals surface area contributed by atoms with Crippen molar-refractivity contribution in [2.45, 2.75) is 6.04 Å². The number of aryl methyl sites for hydroxylation is 1. The van der Waals surface area contributed by atoms with Crippen molar-refractivity contribution in [1.82, 2.24) is 19.6 Å². The van der Waals surface area contributed by atoms with Crippen molar-refractivity contribution in [2.24, 2.45) is 7.05 Å². The van der Waals surface area contributed by atoms with Gasteiger partial charge in [-0.15, -0.1) is 0 Å². The number of piperazine rings is 1. The Morgan fingerprint density at radius 1 is 0.824 bits per heavy atom. The van der Waals surface area contributed by atoms with E-state index < -0.39 is 0 Å². The minimum Gasteiger partial charge on any atom is -0.335 e. The zero-order valence-corrected chi connectivity index (χ0v) is 19.9. The fraction of sp³-hybridized carbons (Fsp3) is 0.214. The number of aromatic nitrogens is 2. The lowest BCUT2D eigenvalue weighted by Gasteiger charge is -2.39. The highest BCUT2D eigenvalue weighted by molar-refractivity contribution is 6.33. The third-order valence-electron chi connectivity index (χ3n) is 6.45. The lowest BCUT2D eigenvalue weighted by atomic mass is 9.96. The van der Waals surface area contributed by atoms with Gasteiger partial charge in [0.25, 0.3) is 5.91 Å². The molecule has 6 heteroatoms. The molecular formula is C28H27ClN4O. The van der Waals surface area contributed by atoms with Crippen LogP contribution in [0.3, 0.4) is 0 Å². The lowest BCUT2D eigenvalue weighted by Crippen LogP contribution is -2.50. The number of carbonyl (C=O) groups is 1. The predicted molar refractivity (Wildman–Crippen MR) is 136 cm³/mol. The molecule has 3 aromatic carbocycles. The molecule has 1 aliphatic rings. The average Bonchev–Trinajstić information content (AvgIpc) is 3.27. The number of hydrogen-bond acceptors (Lipinski definition) is 3. The summed E-state index contributed by atoms with van der Waals surface area (Å²) in [5.74, 6) is 0.00363. The van der Waals surface area contributed by atoms with Gasteiger partial charge in [-0.1, -0.05) is 90.5 Å². The second kappa shape index (κ2) is 9.84. The van der Waals surface area contributed by atoms with Crippen molar-refractivity contribution >= 4 is 17.5 Å². The van der Waals surface area contributed by atoms with Crippen LogP contribution in [0.25, 0.3) is 11.3 Å². The first-order valence-corrected chi connectivity index (χ1v) is 11.9. The second-order valence-electron chi connectivity index (χ2n) is 8.57. The molecule has 0 atom stereocenters. The van der Waals surface area contributed by atoms with Crippen LogP contribution in [0.4, 0.5) is 0 Å². The molecule has 2 heterocycles. The van der Waals surface area contributed by atoms with Crippen LogP contribution in [-0.2, 0) is 7.05 Å². The van der Waals surface area contributed by atoms with Gasteiger partial charge in [-0.2, -0.15) is 5.10 Å². The molecule has 1 aromatic heterocycles. The standard InChI is InChI=1S/C28H27ClN4O/c1-31-26(20-25(30-31)23-14-8-9-15-24(23)29)28(34)33-18-16-32(17-19-33)27(21-10-4-2-5-11-21)22-12-6-3-7-13-22/h2-15,20,27H,16-19H2,1H3. The maximum atomic E-state index is 13.4. The molecule has 0 N–H and O–H groups in total. The van der Waals surface area contributed by atoms with Gasteiger partial charge in [0.2, 0.25) is 0 Å². The maximum absolute atomic E-state index is 13.4. The molecule has 0 aliphatic carbocycles. The van der Waals surface area contributed by atoms with Crippen LogP contribution in [-0.4, -0.2) is 51.7 Å². The summed E-state index contributed by atoms with van der Waals surface area (Å²) in [6.07, 6.45) is 0. The number of halogens is 1. The van der Waals surface area contributed by atoms with Gasteiger partial charge in [0, 0.05) is 38.8 Å². The molecule has 5 rings (SSSR count). The van der Waals surface area contributed by atoms with E-state index in [9.17, 15) is 4.79 Å². The number of carbonyl (C=O) groups excluding carboxylic acids is 1. The Balaban J connectivity index is 1.33. The summed E-state index contributed by atoms with van der Waals surface area (Å²) >= 11 is 6.35. The van der Waals surface area contributed by atoms with E-state index in [0.717, 1.165) is 18.7 Å². The molecule has 1 aliphatic heterocycles. The van der Waals surface area contributed by atoms with E-state index in [2.05, 4.69) is 58.5 Å². The third-order valence-corrected chi connectivity index (χ3v) is 6.78. The van der Waals surface area contributed by atoms with Gasteiger partial charge in [0.1, 0.15) is 5.69 Å². The first-order chi connectivity index (χ1) is 16.6. The van der Waals surface area contributed by atoms with Crippen LogP contribution in [0.2, 0.25) is 5.02 Å². The topological polar surface area (TPSA) is 41.4 Å². The van der Waals surface area contributed by atoms with Crippen molar-refractivity contribution in [2.75, 3.05) is 26.2 Å². The largest absolute Gasteiger partial charge is 0.335 e. The molecule has 34 heavy (non-hydrogen) atoms. The fourth-order valence-electron chi connectivity index (χ4n) is 4.70. The van der Waals surface area contributed by atoms with Gasteiger partial charge in [-0.25, -0.2) is 0 Å². The predicted octanol–water partition coefficient (Wildman–Crippen LogP) is 5.29. The molecule has 1 amide bonds. The zero-order chi connectivity index (χ0) is 23.5. The number of amides is 1. The molecule has 0 spiro atoms. The molecule has 0 saturated carbocycles. The van der Waals surface area contributed by atoms with E-state index in [1.165, 1.54) is 11.1 Å². The average molecular weight is 471 g/mol. The first kappa shape index (κ1) is 22.4. The van der Waals surface area contributed by atoms with Crippen LogP contribution >= 0.6 is 11.6 Å². The van der Waals surface area contributed by atoms with Gasteiger partial charge in [-0.3, -0.25) is 14.4 Å². The van der Waals surface area contributed by atoms with E-state index in [0.29, 0.717) is 29.5 Å². The van der Waals surface area contributed by atoms with Gasteiger partial charge in [0.15, 0.2) is 0 Å². The second-order valence-corrected chi connectivity index (χ2v) is 8.98. The van der Waals surface area contributed by atoms with Crippen molar-refractivity contribution in [1.29, 1.82) is 0 Å². The van der Waals surface area contributed by atoms with E-state index in [4.69, 9.17) is 11.6 Å². The van der Waals surface area contributed by atoms with E-state index in [1.54, 1.807) is 4.68 Å². The Hall–Kier alpha value is -3.41. The lowest BCUT2D eigenvalue weighted by molar-refractivity contribution is 0.0587. The van der Waals surface area contributed by atoms with Crippen LogP contribution in [0.5, 0.6) is 0 Å². The van der Waals surface area contributed by atoms with Crippen LogP contribution in [0.1, 0.15) is 27.7 Å². The van der Waals surface area contributed by atoms with Gasteiger partial charge < -0.3 is 4.90 Å².